The van der Waals surface area contributed by atoms with E-state index in [9.17, 15) is 13.2 Å². The van der Waals surface area contributed by atoms with Crippen LogP contribution >= 0.6 is 0 Å². The van der Waals surface area contributed by atoms with Crippen molar-refractivity contribution < 1.29 is 23.4 Å². The number of aliphatic hydroxyl groups excluding tert-OH is 1. The summed E-state index contributed by atoms with van der Waals surface area (Å²) >= 11 is 0. The number of rotatable bonds is 5. The zero-order valence-corrected chi connectivity index (χ0v) is 10.1. The molecule has 0 heterocycles. The Hall–Kier alpha value is -0.660. The molecule has 0 aromatic rings. The summed E-state index contributed by atoms with van der Waals surface area (Å²) in [4.78, 5) is 10.6. The van der Waals surface area contributed by atoms with Crippen LogP contribution in [-0.2, 0) is 14.8 Å². The molecule has 7 heteroatoms. The molecule has 0 amide bonds. The van der Waals surface area contributed by atoms with Crippen molar-refractivity contribution in [3.05, 3.63) is 0 Å². The van der Waals surface area contributed by atoms with Gasteiger partial charge in [0.15, 0.2) is 5.25 Å². The van der Waals surface area contributed by atoms with Gasteiger partial charge in [0.25, 0.3) is 0 Å². The molecule has 1 fully saturated rings. The lowest BCUT2D eigenvalue weighted by Gasteiger charge is -2.34. The minimum atomic E-state index is -3.77. The Morgan fingerprint density at radius 1 is 1.50 bits per heavy atom. The third kappa shape index (κ3) is 2.72. The Bertz CT molecular complexity index is 360. The SMILES string of the molecule is CC(C(=O)O)S(=O)(=O)N(C)CC1CC(O)C1. The van der Waals surface area contributed by atoms with Crippen LogP contribution in [0.4, 0.5) is 0 Å². The van der Waals surface area contributed by atoms with Crippen LogP contribution in [-0.4, -0.2) is 53.9 Å². The molecule has 1 atom stereocenters. The van der Waals surface area contributed by atoms with Crippen LogP contribution < -0.4 is 0 Å². The number of carboxylic acids is 1. The molecule has 0 aliphatic heterocycles. The number of carbonyl (C=O) groups is 1. The van der Waals surface area contributed by atoms with Gasteiger partial charge in [0.1, 0.15) is 0 Å². The first-order valence-corrected chi connectivity index (χ1v) is 6.61. The van der Waals surface area contributed by atoms with Crippen molar-refractivity contribution >= 4 is 16.0 Å². The second-order valence-corrected chi connectivity index (χ2v) is 6.66. The molecule has 1 unspecified atom stereocenters. The topological polar surface area (TPSA) is 94.9 Å². The van der Waals surface area contributed by atoms with Crippen molar-refractivity contribution in [1.82, 2.24) is 4.31 Å². The van der Waals surface area contributed by atoms with Crippen molar-refractivity contribution in [1.29, 1.82) is 0 Å². The Morgan fingerprint density at radius 3 is 2.38 bits per heavy atom. The van der Waals surface area contributed by atoms with Crippen molar-refractivity contribution in [2.24, 2.45) is 5.92 Å². The summed E-state index contributed by atoms with van der Waals surface area (Å²) in [5, 5.41) is 16.3. The normalized spacial score (nSPS) is 27.5. The highest BCUT2D eigenvalue weighted by atomic mass is 32.2. The predicted molar refractivity (Wildman–Crippen MR) is 57.4 cm³/mol. The van der Waals surface area contributed by atoms with E-state index in [1.54, 1.807) is 0 Å². The number of carboxylic acid groups (broad SMARTS) is 1. The first kappa shape index (κ1) is 13.4. The van der Waals surface area contributed by atoms with E-state index in [4.69, 9.17) is 10.2 Å². The first-order valence-electron chi connectivity index (χ1n) is 5.11. The third-order valence-electron chi connectivity index (χ3n) is 2.96. The molecule has 94 valence electrons. The van der Waals surface area contributed by atoms with Crippen molar-refractivity contribution in [3.8, 4) is 0 Å². The number of nitrogens with zero attached hydrogens (tertiary/aromatic N) is 1. The van der Waals surface area contributed by atoms with Crippen molar-refractivity contribution in [2.45, 2.75) is 31.1 Å². The lowest BCUT2D eigenvalue weighted by atomic mass is 9.82. The van der Waals surface area contributed by atoms with E-state index in [0.29, 0.717) is 12.8 Å². The van der Waals surface area contributed by atoms with Crippen molar-refractivity contribution in [2.75, 3.05) is 13.6 Å². The standard InChI is InChI=1S/C9H17NO5S/c1-6(9(12)13)16(14,15)10(2)5-7-3-8(11)4-7/h6-8,11H,3-5H2,1-2H3,(H,12,13). The smallest absolute Gasteiger partial charge is 0.323 e. The maximum atomic E-state index is 11.7. The molecule has 16 heavy (non-hydrogen) atoms. The predicted octanol–water partition coefficient (Wildman–Crippen LogP) is -0.508. The quantitative estimate of drug-likeness (QED) is 0.686. The second-order valence-electron chi connectivity index (χ2n) is 4.30. The fourth-order valence-electron chi connectivity index (χ4n) is 1.71. The summed E-state index contributed by atoms with van der Waals surface area (Å²) in [5.41, 5.74) is 0. The van der Waals surface area contributed by atoms with Crippen LogP contribution in [0, 0.1) is 5.92 Å². The molecule has 1 saturated carbocycles. The average molecular weight is 251 g/mol. The molecular formula is C9H17NO5S. The Kier molecular flexibility index (Phi) is 3.92. The Labute approximate surface area is 94.9 Å². The van der Waals surface area contributed by atoms with Gasteiger partial charge in [0.2, 0.25) is 10.0 Å². The molecule has 0 spiro atoms. The van der Waals surface area contributed by atoms with Crippen LogP contribution in [0.15, 0.2) is 0 Å². The van der Waals surface area contributed by atoms with Gasteiger partial charge < -0.3 is 10.2 Å². The molecule has 6 nitrogen and oxygen atoms in total. The molecular weight excluding hydrogens is 234 g/mol. The third-order valence-corrected chi connectivity index (χ3v) is 5.07. The molecule has 0 saturated heterocycles. The van der Waals surface area contributed by atoms with Crippen LogP contribution in [0.1, 0.15) is 19.8 Å². The largest absolute Gasteiger partial charge is 0.480 e. The summed E-state index contributed by atoms with van der Waals surface area (Å²) in [6, 6.07) is 0. The maximum Gasteiger partial charge on any atom is 0.323 e. The van der Waals surface area contributed by atoms with Gasteiger partial charge in [-0.1, -0.05) is 0 Å². The fourth-order valence-corrected chi connectivity index (χ4v) is 2.93. The molecule has 0 radical (unpaired) electrons. The van der Waals surface area contributed by atoms with Gasteiger partial charge in [0, 0.05) is 13.6 Å². The zero-order valence-electron chi connectivity index (χ0n) is 9.33. The summed E-state index contributed by atoms with van der Waals surface area (Å²) in [6.07, 6.45) is 0.834. The Morgan fingerprint density at radius 2 is 2.00 bits per heavy atom. The van der Waals surface area contributed by atoms with E-state index >= 15 is 0 Å². The maximum absolute atomic E-state index is 11.7. The zero-order chi connectivity index (χ0) is 12.5. The van der Waals surface area contributed by atoms with Crippen LogP contribution in [0.5, 0.6) is 0 Å². The van der Waals surface area contributed by atoms with Gasteiger partial charge in [-0.15, -0.1) is 0 Å². The molecule has 0 aromatic heterocycles. The van der Waals surface area contributed by atoms with Gasteiger partial charge in [-0.3, -0.25) is 4.79 Å². The summed E-state index contributed by atoms with van der Waals surface area (Å²) in [7, 11) is -2.40. The fraction of sp³-hybridized carbons (Fsp3) is 0.889. The summed E-state index contributed by atoms with van der Waals surface area (Å²) in [5.74, 6) is -1.21. The van der Waals surface area contributed by atoms with E-state index in [2.05, 4.69) is 0 Å². The molecule has 1 rings (SSSR count). The van der Waals surface area contributed by atoms with E-state index in [1.165, 1.54) is 7.05 Å². The van der Waals surface area contributed by atoms with E-state index < -0.39 is 21.2 Å². The summed E-state index contributed by atoms with van der Waals surface area (Å²) < 4.78 is 24.5. The Balaban J connectivity index is 2.58. The molecule has 0 aromatic carbocycles. The van der Waals surface area contributed by atoms with Gasteiger partial charge in [-0.25, -0.2) is 12.7 Å². The highest BCUT2D eigenvalue weighted by Gasteiger charge is 2.35. The number of sulfonamides is 1. The van der Waals surface area contributed by atoms with Crippen LogP contribution in [0.25, 0.3) is 0 Å². The van der Waals surface area contributed by atoms with E-state index in [1.807, 2.05) is 0 Å². The number of aliphatic hydroxyl groups is 1. The minimum absolute atomic E-state index is 0.135. The summed E-state index contributed by atoms with van der Waals surface area (Å²) in [6.45, 7) is 1.43. The van der Waals surface area contributed by atoms with Gasteiger partial charge >= 0.3 is 5.97 Å². The number of hydrogen-bond donors (Lipinski definition) is 2. The minimum Gasteiger partial charge on any atom is -0.480 e. The second kappa shape index (κ2) is 4.68. The van der Waals surface area contributed by atoms with E-state index in [-0.39, 0.29) is 18.6 Å². The van der Waals surface area contributed by atoms with Gasteiger partial charge in [-0.05, 0) is 25.7 Å². The first-order chi connectivity index (χ1) is 7.25. The molecule has 0 bridgehead atoms. The lowest BCUT2D eigenvalue weighted by molar-refractivity contribution is -0.136. The molecule has 2 N–H and O–H groups in total. The number of aliphatic carboxylic acids is 1. The van der Waals surface area contributed by atoms with Gasteiger partial charge in [-0.2, -0.15) is 0 Å². The van der Waals surface area contributed by atoms with Crippen molar-refractivity contribution in [3.63, 3.8) is 0 Å². The highest BCUT2D eigenvalue weighted by Crippen LogP contribution is 2.28. The molecule has 1 aliphatic rings. The average Bonchev–Trinajstić information content (AvgIpc) is 2.13. The van der Waals surface area contributed by atoms with Gasteiger partial charge in [0.05, 0.1) is 6.10 Å². The highest BCUT2D eigenvalue weighted by molar-refractivity contribution is 7.90. The van der Waals surface area contributed by atoms with E-state index in [0.717, 1.165) is 11.2 Å². The number of hydrogen-bond acceptors (Lipinski definition) is 4. The van der Waals surface area contributed by atoms with Crippen LogP contribution in [0.2, 0.25) is 0 Å². The molecule has 1 aliphatic carbocycles. The monoisotopic (exact) mass is 251 g/mol. The lowest BCUT2D eigenvalue weighted by Crippen LogP contribution is -2.44. The van der Waals surface area contributed by atoms with Crippen LogP contribution in [0.3, 0.4) is 0 Å².